The molecule has 1 aliphatic rings. The maximum Gasteiger partial charge on any atom is 0.208 e. The average Bonchev–Trinajstić information content (AvgIpc) is 3.26. The van der Waals surface area contributed by atoms with Crippen molar-refractivity contribution >= 4 is 16.5 Å². The summed E-state index contributed by atoms with van der Waals surface area (Å²) in [6.07, 6.45) is 7.78. The van der Waals surface area contributed by atoms with Crippen molar-refractivity contribution in [2.45, 2.75) is 32.4 Å². The molecule has 0 spiro atoms. The maximum atomic E-state index is 4.87. The Morgan fingerprint density at radius 3 is 3.14 bits per heavy atom. The van der Waals surface area contributed by atoms with Crippen LogP contribution < -0.4 is 4.90 Å². The lowest BCUT2D eigenvalue weighted by Gasteiger charge is -2.24. The van der Waals surface area contributed by atoms with E-state index < -0.39 is 0 Å². The quantitative estimate of drug-likeness (QED) is 0.736. The Bertz CT molecular complexity index is 749. The van der Waals surface area contributed by atoms with Gasteiger partial charge in [0, 0.05) is 37.6 Å². The second kappa shape index (κ2) is 5.53. The van der Waals surface area contributed by atoms with Crippen LogP contribution in [0.5, 0.6) is 0 Å². The molecule has 7 nitrogen and oxygen atoms in total. The maximum absolute atomic E-state index is 4.87. The smallest absolute Gasteiger partial charge is 0.208 e. The molecule has 3 aromatic rings. The van der Waals surface area contributed by atoms with Crippen LogP contribution in [0.4, 0.5) is 5.13 Å². The number of aryl methyl sites for hydroxylation is 1. The van der Waals surface area contributed by atoms with Crippen LogP contribution in [0.25, 0.3) is 10.7 Å². The third kappa shape index (κ3) is 2.39. The molecule has 0 aliphatic carbocycles. The van der Waals surface area contributed by atoms with E-state index in [2.05, 4.69) is 29.8 Å². The highest BCUT2D eigenvalue weighted by molar-refractivity contribution is 7.18. The number of imidazole rings is 1. The predicted molar refractivity (Wildman–Crippen MR) is 82.7 cm³/mol. The summed E-state index contributed by atoms with van der Waals surface area (Å²) in [5.41, 5.74) is 0.741. The third-order valence-corrected chi connectivity index (χ3v) is 5.01. The molecule has 0 bridgehead atoms. The molecule has 22 heavy (non-hydrogen) atoms. The van der Waals surface area contributed by atoms with E-state index in [0.717, 1.165) is 41.2 Å². The van der Waals surface area contributed by atoms with Gasteiger partial charge in [-0.15, -0.1) is 10.2 Å². The van der Waals surface area contributed by atoms with Gasteiger partial charge in [-0.2, -0.15) is 0 Å². The predicted octanol–water partition coefficient (Wildman–Crippen LogP) is 2.37. The van der Waals surface area contributed by atoms with Crippen molar-refractivity contribution in [2.75, 3.05) is 11.4 Å². The summed E-state index contributed by atoms with van der Waals surface area (Å²) in [6.45, 7) is 3.99. The summed E-state index contributed by atoms with van der Waals surface area (Å²) >= 11 is 1.56. The molecule has 0 aromatic carbocycles. The highest BCUT2D eigenvalue weighted by Crippen LogP contribution is 2.32. The van der Waals surface area contributed by atoms with Crippen LogP contribution in [0.1, 0.15) is 18.7 Å². The summed E-state index contributed by atoms with van der Waals surface area (Å²) in [5, 5.41) is 14.3. The van der Waals surface area contributed by atoms with E-state index in [9.17, 15) is 0 Å². The van der Waals surface area contributed by atoms with E-state index >= 15 is 0 Å². The lowest BCUT2D eigenvalue weighted by molar-refractivity contribution is 0.422. The third-order valence-electron chi connectivity index (χ3n) is 4.03. The van der Waals surface area contributed by atoms with Crippen molar-refractivity contribution in [3.63, 3.8) is 0 Å². The van der Waals surface area contributed by atoms with Gasteiger partial charge in [-0.05, 0) is 19.8 Å². The molecular formula is C14H16N6OS. The topological polar surface area (TPSA) is 72.9 Å². The van der Waals surface area contributed by atoms with Gasteiger partial charge in [-0.1, -0.05) is 16.5 Å². The van der Waals surface area contributed by atoms with Crippen LogP contribution in [0, 0.1) is 6.92 Å². The molecule has 0 radical (unpaired) electrons. The summed E-state index contributed by atoms with van der Waals surface area (Å²) in [7, 11) is 0. The molecule has 0 saturated carbocycles. The van der Waals surface area contributed by atoms with Crippen molar-refractivity contribution in [3.05, 3.63) is 30.5 Å². The minimum absolute atomic E-state index is 0.436. The van der Waals surface area contributed by atoms with E-state index in [-0.39, 0.29) is 0 Å². The minimum atomic E-state index is 0.436. The van der Waals surface area contributed by atoms with Crippen LogP contribution >= 0.6 is 11.3 Å². The number of nitrogens with zero attached hydrogens (tertiary/aromatic N) is 6. The fourth-order valence-corrected chi connectivity index (χ4v) is 3.76. The molecule has 1 atom stereocenters. The Hall–Kier alpha value is -2.22. The van der Waals surface area contributed by atoms with Gasteiger partial charge >= 0.3 is 0 Å². The Labute approximate surface area is 131 Å². The van der Waals surface area contributed by atoms with E-state index in [1.54, 1.807) is 23.7 Å². The minimum Gasteiger partial charge on any atom is -0.364 e. The fraction of sp³-hybridized carbons (Fsp3) is 0.429. The zero-order chi connectivity index (χ0) is 14.9. The Morgan fingerprint density at radius 2 is 2.36 bits per heavy atom. The van der Waals surface area contributed by atoms with Gasteiger partial charge in [-0.3, -0.25) is 0 Å². The first-order valence-corrected chi connectivity index (χ1v) is 8.11. The van der Waals surface area contributed by atoms with Crippen LogP contribution in [-0.4, -0.2) is 37.5 Å². The summed E-state index contributed by atoms with van der Waals surface area (Å²) in [5.74, 6) is 1.05. The van der Waals surface area contributed by atoms with Crippen molar-refractivity contribution < 1.29 is 4.52 Å². The molecule has 114 valence electrons. The number of anilines is 1. The zero-order valence-electron chi connectivity index (χ0n) is 12.2. The van der Waals surface area contributed by atoms with E-state index in [1.807, 2.05) is 19.3 Å². The van der Waals surface area contributed by atoms with Gasteiger partial charge in [0.1, 0.15) is 17.8 Å². The molecule has 4 rings (SSSR count). The second-order valence-electron chi connectivity index (χ2n) is 5.39. The van der Waals surface area contributed by atoms with E-state index in [1.165, 1.54) is 6.42 Å². The second-order valence-corrected chi connectivity index (χ2v) is 6.35. The van der Waals surface area contributed by atoms with Gasteiger partial charge in [0.2, 0.25) is 5.13 Å². The van der Waals surface area contributed by atoms with Crippen molar-refractivity contribution in [1.29, 1.82) is 0 Å². The fourth-order valence-electron chi connectivity index (χ4n) is 2.86. The molecule has 4 heterocycles. The van der Waals surface area contributed by atoms with Gasteiger partial charge in [0.05, 0.1) is 0 Å². The van der Waals surface area contributed by atoms with Crippen LogP contribution in [-0.2, 0) is 6.54 Å². The molecule has 8 heteroatoms. The Kier molecular flexibility index (Phi) is 3.38. The van der Waals surface area contributed by atoms with Gasteiger partial charge in [-0.25, -0.2) is 4.98 Å². The average molecular weight is 316 g/mol. The molecule has 1 saturated heterocycles. The SMILES string of the molecule is Cc1nccn1CC1CCCN1c1nnc(-c2ccon2)s1. The first-order valence-electron chi connectivity index (χ1n) is 7.30. The summed E-state index contributed by atoms with van der Waals surface area (Å²) in [6, 6.07) is 2.24. The van der Waals surface area contributed by atoms with Crippen LogP contribution in [0.15, 0.2) is 29.2 Å². The van der Waals surface area contributed by atoms with Gasteiger partial charge in [0.15, 0.2) is 5.01 Å². The normalized spacial score (nSPS) is 18.2. The first-order chi connectivity index (χ1) is 10.8. The number of hydrogen-bond donors (Lipinski definition) is 0. The largest absolute Gasteiger partial charge is 0.364 e. The Balaban J connectivity index is 1.55. The number of aromatic nitrogens is 5. The van der Waals surface area contributed by atoms with Gasteiger partial charge < -0.3 is 14.0 Å². The van der Waals surface area contributed by atoms with Crippen molar-refractivity contribution in [2.24, 2.45) is 0 Å². The van der Waals surface area contributed by atoms with E-state index in [4.69, 9.17) is 4.52 Å². The Morgan fingerprint density at radius 1 is 1.41 bits per heavy atom. The van der Waals surface area contributed by atoms with E-state index in [0.29, 0.717) is 6.04 Å². The molecule has 1 aliphatic heterocycles. The molecule has 0 amide bonds. The molecule has 1 unspecified atom stereocenters. The summed E-state index contributed by atoms with van der Waals surface area (Å²) in [4.78, 5) is 6.64. The standard InChI is InChI=1S/C14H16N6OS/c1-10-15-5-7-19(10)9-11-3-2-6-20(11)14-17-16-13(22-14)12-4-8-21-18-12/h4-5,7-8,11H,2-3,6,9H2,1H3. The zero-order valence-corrected chi connectivity index (χ0v) is 13.0. The number of rotatable bonds is 4. The van der Waals surface area contributed by atoms with Crippen molar-refractivity contribution in [3.8, 4) is 10.7 Å². The summed E-state index contributed by atoms with van der Waals surface area (Å²) < 4.78 is 7.07. The van der Waals surface area contributed by atoms with Crippen LogP contribution in [0.2, 0.25) is 0 Å². The highest BCUT2D eigenvalue weighted by Gasteiger charge is 2.28. The first kappa shape index (κ1) is 13.4. The molecular weight excluding hydrogens is 300 g/mol. The lowest BCUT2D eigenvalue weighted by atomic mass is 10.2. The monoisotopic (exact) mass is 316 g/mol. The van der Waals surface area contributed by atoms with Gasteiger partial charge in [0.25, 0.3) is 0 Å². The lowest BCUT2D eigenvalue weighted by Crippen LogP contribution is -2.33. The molecule has 0 N–H and O–H groups in total. The van der Waals surface area contributed by atoms with Crippen molar-refractivity contribution in [1.82, 2.24) is 24.9 Å². The molecule has 1 fully saturated rings. The number of hydrogen-bond acceptors (Lipinski definition) is 7. The van der Waals surface area contributed by atoms with Crippen LogP contribution in [0.3, 0.4) is 0 Å². The highest BCUT2D eigenvalue weighted by atomic mass is 32.1. The molecule has 3 aromatic heterocycles.